The van der Waals surface area contributed by atoms with Gasteiger partial charge in [0, 0.05) is 11.2 Å². The van der Waals surface area contributed by atoms with Crippen LogP contribution in [0.3, 0.4) is 0 Å². The van der Waals surface area contributed by atoms with Crippen molar-refractivity contribution in [3.63, 3.8) is 0 Å². The van der Waals surface area contributed by atoms with Crippen molar-refractivity contribution in [2.45, 2.75) is 20.4 Å². The molecule has 106 valence electrons. The predicted molar refractivity (Wildman–Crippen MR) is 86.6 cm³/mol. The summed E-state index contributed by atoms with van der Waals surface area (Å²) < 4.78 is 6.48. The van der Waals surface area contributed by atoms with Crippen LogP contribution in [-0.4, -0.2) is 11.6 Å². The van der Waals surface area contributed by atoms with Gasteiger partial charge in [0.25, 0.3) is 0 Å². The Morgan fingerprint density at radius 2 is 2.15 bits per heavy atom. The molecule has 0 saturated carbocycles. The van der Waals surface area contributed by atoms with Gasteiger partial charge in [0.1, 0.15) is 0 Å². The van der Waals surface area contributed by atoms with Gasteiger partial charge in [0.2, 0.25) is 0 Å². The minimum atomic E-state index is 0.595. The Bertz CT molecular complexity index is 587. The molecule has 0 saturated heterocycles. The fourth-order valence-corrected chi connectivity index (χ4v) is 2.70. The van der Waals surface area contributed by atoms with Gasteiger partial charge in [-0.25, -0.2) is 0 Å². The first-order valence-electron chi connectivity index (χ1n) is 6.37. The normalized spacial score (nSPS) is 10.4. The largest absolute Gasteiger partial charge is 0.491 e. The number of ether oxygens (including phenoxy) is 1. The average Bonchev–Trinajstić information content (AvgIpc) is 2.41. The number of aromatic nitrogens is 1. The van der Waals surface area contributed by atoms with E-state index in [-0.39, 0.29) is 0 Å². The van der Waals surface area contributed by atoms with Crippen LogP contribution in [0, 0.1) is 6.92 Å². The Morgan fingerprint density at radius 1 is 1.35 bits per heavy atom. The van der Waals surface area contributed by atoms with E-state index in [4.69, 9.17) is 16.3 Å². The lowest BCUT2D eigenvalue weighted by Gasteiger charge is -2.14. The van der Waals surface area contributed by atoms with Crippen LogP contribution in [0.15, 0.2) is 34.9 Å². The van der Waals surface area contributed by atoms with Crippen LogP contribution in [0.25, 0.3) is 0 Å². The van der Waals surface area contributed by atoms with Crippen molar-refractivity contribution < 1.29 is 4.74 Å². The summed E-state index contributed by atoms with van der Waals surface area (Å²) >= 11 is 9.55. The quantitative estimate of drug-likeness (QED) is 0.835. The highest BCUT2D eigenvalue weighted by atomic mass is 79.9. The molecule has 0 unspecified atom stereocenters. The summed E-state index contributed by atoms with van der Waals surface area (Å²) in [5, 5.41) is 3.97. The molecule has 1 aromatic carbocycles. The number of halogens is 2. The van der Waals surface area contributed by atoms with Gasteiger partial charge in [0.15, 0.2) is 5.75 Å². The van der Waals surface area contributed by atoms with Crippen LogP contribution < -0.4 is 10.1 Å². The summed E-state index contributed by atoms with van der Waals surface area (Å²) in [4.78, 5) is 4.37. The van der Waals surface area contributed by atoms with Crippen molar-refractivity contribution in [3.8, 4) is 5.75 Å². The highest BCUT2D eigenvalue weighted by Crippen LogP contribution is 2.36. The molecule has 0 bridgehead atoms. The molecule has 2 aromatic rings. The van der Waals surface area contributed by atoms with Crippen LogP contribution in [0.4, 0.5) is 5.69 Å². The second kappa shape index (κ2) is 6.95. The third-order valence-corrected chi connectivity index (χ3v) is 3.54. The van der Waals surface area contributed by atoms with Crippen LogP contribution in [0.1, 0.15) is 18.2 Å². The summed E-state index contributed by atoms with van der Waals surface area (Å²) in [5.41, 5.74) is 2.97. The first kappa shape index (κ1) is 15.1. The molecule has 0 aliphatic carbocycles. The number of aryl methyl sites for hydroxylation is 1. The predicted octanol–water partition coefficient (Wildman–Crippen LogP) is 4.82. The van der Waals surface area contributed by atoms with E-state index in [1.807, 2.05) is 44.3 Å². The van der Waals surface area contributed by atoms with E-state index in [9.17, 15) is 0 Å². The van der Waals surface area contributed by atoms with Gasteiger partial charge in [-0.3, -0.25) is 4.98 Å². The molecule has 0 amide bonds. The Hall–Kier alpha value is -1.26. The van der Waals surface area contributed by atoms with Crippen LogP contribution in [-0.2, 0) is 6.54 Å². The van der Waals surface area contributed by atoms with E-state index < -0.39 is 0 Å². The summed E-state index contributed by atoms with van der Waals surface area (Å²) in [5.74, 6) is 0.768. The lowest BCUT2D eigenvalue weighted by atomic mass is 10.2. The van der Waals surface area contributed by atoms with Gasteiger partial charge in [-0.05, 0) is 53.5 Å². The fourth-order valence-electron chi connectivity index (χ4n) is 1.77. The highest BCUT2D eigenvalue weighted by molar-refractivity contribution is 9.10. The molecule has 0 atom stereocenters. The Balaban J connectivity index is 2.17. The molecular formula is C15H16BrClN2O. The smallest absolute Gasteiger partial charge is 0.156 e. The first-order valence-corrected chi connectivity index (χ1v) is 7.54. The molecule has 0 radical (unpaired) electrons. The van der Waals surface area contributed by atoms with Gasteiger partial charge < -0.3 is 10.1 Å². The van der Waals surface area contributed by atoms with Gasteiger partial charge >= 0.3 is 0 Å². The molecule has 1 N–H and O–H groups in total. The number of hydrogen-bond acceptors (Lipinski definition) is 3. The third-order valence-electron chi connectivity index (χ3n) is 2.73. The third kappa shape index (κ3) is 3.87. The number of anilines is 1. The first-order chi connectivity index (χ1) is 9.60. The number of benzene rings is 1. The Morgan fingerprint density at radius 3 is 2.80 bits per heavy atom. The number of pyridine rings is 1. The lowest BCUT2D eigenvalue weighted by Crippen LogP contribution is -2.04. The molecule has 0 aliphatic rings. The Kier molecular flexibility index (Phi) is 5.26. The standard InChI is InChI=1S/C15H16BrClN2O/c1-3-20-15-13(16)6-11(17)7-14(15)19-9-12-5-4-10(2)8-18-12/h4-8,19H,3,9H2,1-2H3. The molecule has 20 heavy (non-hydrogen) atoms. The summed E-state index contributed by atoms with van der Waals surface area (Å²) in [6.07, 6.45) is 1.86. The number of nitrogens with one attached hydrogen (secondary N) is 1. The number of rotatable bonds is 5. The minimum Gasteiger partial charge on any atom is -0.491 e. The summed E-state index contributed by atoms with van der Waals surface area (Å²) in [6, 6.07) is 7.72. The highest BCUT2D eigenvalue weighted by Gasteiger charge is 2.10. The van der Waals surface area contributed by atoms with Crippen molar-refractivity contribution in [2.24, 2.45) is 0 Å². The van der Waals surface area contributed by atoms with E-state index in [0.29, 0.717) is 18.2 Å². The number of hydrogen-bond donors (Lipinski definition) is 1. The van der Waals surface area contributed by atoms with Crippen LogP contribution in [0.2, 0.25) is 5.02 Å². The summed E-state index contributed by atoms with van der Waals surface area (Å²) in [6.45, 7) is 5.18. The molecule has 5 heteroatoms. The van der Waals surface area contributed by atoms with Gasteiger partial charge in [-0.1, -0.05) is 17.7 Å². The second-order valence-corrected chi connectivity index (χ2v) is 5.67. The zero-order valence-corrected chi connectivity index (χ0v) is 13.8. The lowest BCUT2D eigenvalue weighted by molar-refractivity contribution is 0.339. The Labute approximate surface area is 132 Å². The minimum absolute atomic E-state index is 0.595. The topological polar surface area (TPSA) is 34.1 Å². The van der Waals surface area contributed by atoms with Crippen LogP contribution in [0.5, 0.6) is 5.75 Å². The van der Waals surface area contributed by atoms with E-state index in [2.05, 4.69) is 26.2 Å². The SMILES string of the molecule is CCOc1c(Br)cc(Cl)cc1NCc1ccc(C)cn1. The molecule has 1 aromatic heterocycles. The van der Waals surface area contributed by atoms with Crippen molar-refractivity contribution in [2.75, 3.05) is 11.9 Å². The molecule has 2 rings (SSSR count). The summed E-state index contributed by atoms with van der Waals surface area (Å²) in [7, 11) is 0. The number of nitrogens with zero attached hydrogens (tertiary/aromatic N) is 1. The molecule has 1 heterocycles. The van der Waals surface area contributed by atoms with Crippen molar-refractivity contribution in [1.82, 2.24) is 4.98 Å². The maximum atomic E-state index is 6.08. The van der Waals surface area contributed by atoms with Gasteiger partial charge in [-0.15, -0.1) is 0 Å². The zero-order chi connectivity index (χ0) is 14.5. The van der Waals surface area contributed by atoms with Crippen LogP contribution >= 0.6 is 27.5 Å². The molecule has 0 aliphatic heterocycles. The van der Waals surface area contributed by atoms with E-state index in [0.717, 1.165) is 27.2 Å². The van der Waals surface area contributed by atoms with Crippen molar-refractivity contribution >= 4 is 33.2 Å². The van der Waals surface area contributed by atoms with Gasteiger partial charge in [0.05, 0.1) is 29.0 Å². The van der Waals surface area contributed by atoms with Crippen molar-refractivity contribution in [1.29, 1.82) is 0 Å². The second-order valence-electron chi connectivity index (χ2n) is 4.38. The van der Waals surface area contributed by atoms with Gasteiger partial charge in [-0.2, -0.15) is 0 Å². The fraction of sp³-hybridized carbons (Fsp3) is 0.267. The monoisotopic (exact) mass is 354 g/mol. The van der Waals surface area contributed by atoms with Crippen molar-refractivity contribution in [3.05, 3.63) is 51.2 Å². The van der Waals surface area contributed by atoms with E-state index >= 15 is 0 Å². The molecule has 0 fully saturated rings. The zero-order valence-electron chi connectivity index (χ0n) is 11.4. The molecule has 0 spiro atoms. The van der Waals surface area contributed by atoms with E-state index in [1.165, 1.54) is 0 Å². The van der Waals surface area contributed by atoms with E-state index in [1.54, 1.807) is 0 Å². The molecule has 3 nitrogen and oxygen atoms in total. The maximum absolute atomic E-state index is 6.08. The molecular weight excluding hydrogens is 340 g/mol. The average molecular weight is 356 g/mol. The maximum Gasteiger partial charge on any atom is 0.156 e.